The molecule has 3 N–H and O–H groups in total. The second-order valence-electron chi connectivity index (χ2n) is 8.98. The summed E-state index contributed by atoms with van der Waals surface area (Å²) in [6, 6.07) is 8.10. The Balaban J connectivity index is 1.36. The minimum Gasteiger partial charge on any atom is -0.411 e. The molecular weight excluding hydrogens is 386 g/mol. The number of H-pyrrole nitrogens is 1. The number of thioether (sulfide) groups is 1. The monoisotopic (exact) mass is 413 g/mol. The van der Waals surface area contributed by atoms with Crippen molar-refractivity contribution < 1.29 is 9.21 Å². The molecule has 0 atom stereocenters. The fourth-order valence-electron chi connectivity index (χ4n) is 4.45. The average molecular weight is 414 g/mol. The number of amides is 1. The van der Waals surface area contributed by atoms with Gasteiger partial charge in [0.05, 0.1) is 11.3 Å². The van der Waals surface area contributed by atoms with Gasteiger partial charge in [-0.15, -0.1) is 10.2 Å². The van der Waals surface area contributed by atoms with Crippen molar-refractivity contribution >= 4 is 28.6 Å². The molecule has 0 bridgehead atoms. The second kappa shape index (κ2) is 7.50. The van der Waals surface area contributed by atoms with Gasteiger partial charge in [-0.25, -0.2) is 0 Å². The Morgan fingerprint density at radius 3 is 2.69 bits per heavy atom. The van der Waals surface area contributed by atoms with Crippen LogP contribution < -0.4 is 10.6 Å². The molecule has 1 aliphatic heterocycles. The fraction of sp³-hybridized carbons (Fsp3) is 0.476. The molecule has 0 aliphatic carbocycles. The zero-order valence-electron chi connectivity index (χ0n) is 17.2. The number of carbonyl (C=O) groups excluding carboxylic acids is 1. The Labute approximate surface area is 174 Å². The number of aromatic amines is 1. The highest BCUT2D eigenvalue weighted by Crippen LogP contribution is 2.30. The number of fused-ring (bicyclic) bond motifs is 1. The largest absolute Gasteiger partial charge is 0.411 e. The van der Waals surface area contributed by atoms with Crippen molar-refractivity contribution in [3.63, 3.8) is 0 Å². The molecule has 4 rings (SSSR count). The van der Waals surface area contributed by atoms with Crippen molar-refractivity contribution in [2.24, 2.45) is 0 Å². The summed E-state index contributed by atoms with van der Waals surface area (Å²) in [6.07, 6.45) is 3.66. The first-order valence-corrected chi connectivity index (χ1v) is 10.8. The standard InChI is InChI=1S/C21H27N5O2S/c1-20(2)9-13(10-21(3,4)26-20)23-17(27)12-29-19-25-24-18(28-19)15-11-22-16-8-6-5-7-14(15)16/h5-8,11,13,22,26H,9-10,12H2,1-4H3,(H,23,27). The fourth-order valence-corrected chi connectivity index (χ4v) is 5.02. The average Bonchev–Trinajstić information content (AvgIpc) is 3.23. The van der Waals surface area contributed by atoms with Gasteiger partial charge in [0.25, 0.3) is 11.1 Å². The molecule has 7 nitrogen and oxygen atoms in total. The molecule has 0 radical (unpaired) electrons. The highest BCUT2D eigenvalue weighted by atomic mass is 32.2. The van der Waals surface area contributed by atoms with E-state index in [-0.39, 0.29) is 28.8 Å². The van der Waals surface area contributed by atoms with Crippen LogP contribution in [-0.4, -0.2) is 44.0 Å². The zero-order valence-corrected chi connectivity index (χ0v) is 18.0. The van der Waals surface area contributed by atoms with E-state index < -0.39 is 0 Å². The van der Waals surface area contributed by atoms with Crippen LogP contribution in [0.4, 0.5) is 0 Å². The topological polar surface area (TPSA) is 95.8 Å². The number of aromatic nitrogens is 3. The Hall–Kier alpha value is -2.32. The molecule has 0 spiro atoms. The minimum absolute atomic E-state index is 0.00639. The van der Waals surface area contributed by atoms with E-state index in [0.29, 0.717) is 11.1 Å². The summed E-state index contributed by atoms with van der Waals surface area (Å²) >= 11 is 1.26. The summed E-state index contributed by atoms with van der Waals surface area (Å²) in [5.41, 5.74) is 1.87. The summed E-state index contributed by atoms with van der Waals surface area (Å²) in [5.74, 6) is 0.688. The predicted octanol–water partition coefficient (Wildman–Crippen LogP) is 3.74. The van der Waals surface area contributed by atoms with E-state index in [1.165, 1.54) is 11.8 Å². The summed E-state index contributed by atoms with van der Waals surface area (Å²) in [6.45, 7) is 8.69. The first-order chi connectivity index (χ1) is 13.7. The molecule has 1 amide bonds. The van der Waals surface area contributed by atoms with E-state index >= 15 is 0 Å². The highest BCUT2D eigenvalue weighted by Gasteiger charge is 2.38. The highest BCUT2D eigenvalue weighted by molar-refractivity contribution is 7.99. The number of carbonyl (C=O) groups is 1. The third-order valence-corrected chi connectivity index (χ3v) is 5.93. The van der Waals surface area contributed by atoms with Crippen molar-refractivity contribution in [1.29, 1.82) is 0 Å². The lowest BCUT2D eigenvalue weighted by Gasteiger charge is -2.46. The summed E-state index contributed by atoms with van der Waals surface area (Å²) < 4.78 is 5.77. The lowest BCUT2D eigenvalue weighted by Crippen LogP contribution is -2.62. The molecule has 3 heterocycles. The van der Waals surface area contributed by atoms with Gasteiger partial charge in [-0.1, -0.05) is 30.0 Å². The van der Waals surface area contributed by atoms with E-state index in [9.17, 15) is 4.79 Å². The van der Waals surface area contributed by atoms with Gasteiger partial charge in [-0.05, 0) is 46.6 Å². The van der Waals surface area contributed by atoms with Crippen LogP contribution in [-0.2, 0) is 4.79 Å². The number of para-hydroxylation sites is 1. The molecular formula is C21H27N5O2S. The number of rotatable bonds is 5. The molecule has 8 heteroatoms. The van der Waals surface area contributed by atoms with Gasteiger partial charge in [0.2, 0.25) is 5.91 Å². The number of piperidine rings is 1. The number of nitrogens with zero attached hydrogens (tertiary/aromatic N) is 2. The van der Waals surface area contributed by atoms with Crippen LogP contribution in [0.1, 0.15) is 40.5 Å². The van der Waals surface area contributed by atoms with Crippen LogP contribution in [0.2, 0.25) is 0 Å². The van der Waals surface area contributed by atoms with Gasteiger partial charge in [0, 0.05) is 34.2 Å². The van der Waals surface area contributed by atoms with E-state index in [0.717, 1.165) is 29.3 Å². The minimum atomic E-state index is -0.0136. The van der Waals surface area contributed by atoms with Gasteiger partial charge >= 0.3 is 0 Å². The number of nitrogens with one attached hydrogen (secondary N) is 3. The van der Waals surface area contributed by atoms with Crippen LogP contribution in [0.5, 0.6) is 0 Å². The Morgan fingerprint density at radius 2 is 1.93 bits per heavy atom. The number of hydrogen-bond donors (Lipinski definition) is 3. The van der Waals surface area contributed by atoms with Crippen molar-refractivity contribution in [3.05, 3.63) is 30.5 Å². The normalized spacial score (nSPS) is 18.8. The Bertz CT molecular complexity index is 1010. The smallest absolute Gasteiger partial charge is 0.277 e. The zero-order chi connectivity index (χ0) is 20.6. The molecule has 1 aliphatic rings. The third kappa shape index (κ3) is 4.64. The first-order valence-electron chi connectivity index (χ1n) is 9.82. The molecule has 1 fully saturated rings. The third-order valence-electron chi connectivity index (χ3n) is 5.11. The second-order valence-corrected chi connectivity index (χ2v) is 9.90. The summed E-state index contributed by atoms with van der Waals surface area (Å²) in [5, 5.41) is 16.4. The van der Waals surface area contributed by atoms with E-state index in [1.54, 1.807) is 0 Å². The van der Waals surface area contributed by atoms with E-state index in [4.69, 9.17) is 4.42 Å². The van der Waals surface area contributed by atoms with Crippen LogP contribution in [0.3, 0.4) is 0 Å². The predicted molar refractivity (Wildman–Crippen MR) is 115 cm³/mol. The molecule has 0 saturated carbocycles. The van der Waals surface area contributed by atoms with Gasteiger partial charge < -0.3 is 20.0 Å². The molecule has 3 aromatic rings. The van der Waals surface area contributed by atoms with Crippen molar-refractivity contribution in [2.75, 3.05) is 5.75 Å². The van der Waals surface area contributed by atoms with Crippen molar-refractivity contribution in [2.45, 2.75) is 62.9 Å². The molecule has 1 aromatic carbocycles. The first kappa shape index (κ1) is 20.0. The van der Waals surface area contributed by atoms with Crippen LogP contribution >= 0.6 is 11.8 Å². The lowest BCUT2D eigenvalue weighted by molar-refractivity contribution is -0.119. The lowest BCUT2D eigenvalue weighted by atomic mass is 9.79. The Morgan fingerprint density at radius 1 is 1.21 bits per heavy atom. The molecule has 2 aromatic heterocycles. The maximum atomic E-state index is 12.5. The summed E-state index contributed by atoms with van der Waals surface area (Å²) in [4.78, 5) is 15.7. The van der Waals surface area contributed by atoms with Crippen molar-refractivity contribution in [3.8, 4) is 11.5 Å². The van der Waals surface area contributed by atoms with Crippen molar-refractivity contribution in [1.82, 2.24) is 25.8 Å². The number of hydrogen-bond acceptors (Lipinski definition) is 6. The summed E-state index contributed by atoms with van der Waals surface area (Å²) in [7, 11) is 0. The maximum absolute atomic E-state index is 12.5. The van der Waals surface area contributed by atoms with E-state index in [2.05, 4.69) is 53.5 Å². The van der Waals surface area contributed by atoms with Gasteiger partial charge in [-0.2, -0.15) is 0 Å². The SMILES string of the molecule is CC1(C)CC(NC(=O)CSc2nnc(-c3c[nH]c4ccccc34)o2)CC(C)(C)N1. The van der Waals surface area contributed by atoms with Crippen LogP contribution in [0, 0.1) is 0 Å². The maximum Gasteiger partial charge on any atom is 0.277 e. The number of benzene rings is 1. The van der Waals surface area contributed by atoms with E-state index in [1.807, 2.05) is 30.5 Å². The van der Waals surface area contributed by atoms with Gasteiger partial charge in [0.1, 0.15) is 0 Å². The van der Waals surface area contributed by atoms with Crippen LogP contribution in [0.25, 0.3) is 22.4 Å². The van der Waals surface area contributed by atoms with Gasteiger partial charge in [-0.3, -0.25) is 4.79 Å². The molecule has 154 valence electrons. The molecule has 29 heavy (non-hydrogen) atoms. The molecule has 0 unspecified atom stereocenters. The van der Waals surface area contributed by atoms with Crippen LogP contribution in [0.15, 0.2) is 40.1 Å². The quantitative estimate of drug-likeness (QED) is 0.552. The molecule has 1 saturated heterocycles. The van der Waals surface area contributed by atoms with Gasteiger partial charge in [0.15, 0.2) is 0 Å². The Kier molecular flexibility index (Phi) is 5.16.